The highest BCUT2D eigenvalue weighted by Gasteiger charge is 2.17. The van der Waals surface area contributed by atoms with Crippen molar-refractivity contribution in [2.75, 3.05) is 26.0 Å². The molecule has 0 unspecified atom stereocenters. The first-order valence-electron chi connectivity index (χ1n) is 10.3. The summed E-state index contributed by atoms with van der Waals surface area (Å²) in [4.78, 5) is 32.4. The van der Waals surface area contributed by atoms with Gasteiger partial charge in [0.25, 0.3) is 0 Å². The average molecular weight is 455 g/mol. The third-order valence-corrected chi connectivity index (χ3v) is 5.57. The van der Waals surface area contributed by atoms with Gasteiger partial charge in [0.05, 0.1) is 6.54 Å². The van der Waals surface area contributed by atoms with Gasteiger partial charge in [-0.25, -0.2) is 4.98 Å². The van der Waals surface area contributed by atoms with Gasteiger partial charge in [0, 0.05) is 62.4 Å². The fourth-order valence-electron chi connectivity index (χ4n) is 3.69. The van der Waals surface area contributed by atoms with E-state index in [1.807, 2.05) is 37.3 Å². The topological polar surface area (TPSA) is 78.7 Å². The summed E-state index contributed by atoms with van der Waals surface area (Å²) < 4.78 is 5.92. The molecule has 1 aromatic carbocycles. The summed E-state index contributed by atoms with van der Waals surface area (Å²) in [6, 6.07) is 9.82. The first kappa shape index (κ1) is 23.3. The maximum absolute atomic E-state index is 12.6. The summed E-state index contributed by atoms with van der Waals surface area (Å²) in [5.41, 5.74) is 3.62. The predicted molar refractivity (Wildman–Crippen MR) is 128 cm³/mol. The number of likely N-dealkylation sites (N-methyl/N-ethyl adjacent to an activating group) is 1. The Kier molecular flexibility index (Phi) is 7.20. The van der Waals surface area contributed by atoms with E-state index in [0.29, 0.717) is 26.1 Å². The van der Waals surface area contributed by atoms with Crippen molar-refractivity contribution in [3.05, 3.63) is 65.1 Å². The van der Waals surface area contributed by atoms with Gasteiger partial charge < -0.3 is 19.5 Å². The van der Waals surface area contributed by atoms with Crippen molar-refractivity contribution < 1.29 is 14.0 Å². The Morgan fingerprint density at radius 3 is 2.91 bits per heavy atom. The van der Waals surface area contributed by atoms with E-state index in [0.717, 1.165) is 39.2 Å². The minimum Gasteiger partial charge on any atom is -0.459 e. The van der Waals surface area contributed by atoms with E-state index in [2.05, 4.69) is 10.3 Å². The van der Waals surface area contributed by atoms with Gasteiger partial charge in [0.1, 0.15) is 17.2 Å². The lowest BCUT2D eigenvalue weighted by molar-refractivity contribution is -0.130. The number of benzene rings is 1. The lowest BCUT2D eigenvalue weighted by Gasteiger charge is -2.23. The molecule has 32 heavy (non-hydrogen) atoms. The molecule has 1 N–H and O–H groups in total. The average Bonchev–Trinajstić information content (AvgIpc) is 3.07. The Morgan fingerprint density at radius 1 is 1.34 bits per heavy atom. The van der Waals surface area contributed by atoms with Gasteiger partial charge in [0.2, 0.25) is 11.8 Å². The highest BCUT2D eigenvalue weighted by atomic mass is 35.5. The van der Waals surface area contributed by atoms with E-state index >= 15 is 0 Å². The number of nitrogens with zero attached hydrogens (tertiary/aromatic N) is 3. The van der Waals surface area contributed by atoms with E-state index in [-0.39, 0.29) is 24.2 Å². The van der Waals surface area contributed by atoms with Crippen LogP contribution < -0.4 is 5.32 Å². The Bertz CT molecular complexity index is 1170. The van der Waals surface area contributed by atoms with Crippen LogP contribution in [-0.4, -0.2) is 47.2 Å². The molecule has 3 heterocycles. The molecule has 8 heteroatoms. The quantitative estimate of drug-likeness (QED) is 0.603. The molecule has 0 spiro atoms. The van der Waals surface area contributed by atoms with Crippen molar-refractivity contribution in [3.8, 4) is 0 Å². The second-order valence-corrected chi connectivity index (χ2v) is 7.88. The molecule has 0 saturated heterocycles. The number of nitrogens with one attached hydrogen (secondary N) is 1. The Hall–Kier alpha value is -3.32. The third kappa shape index (κ3) is 4.94. The molecule has 168 valence electrons. The molecular formula is C24H27ClN4O3. The number of pyridine rings is 1. The van der Waals surface area contributed by atoms with Crippen LogP contribution in [0.2, 0.25) is 0 Å². The standard InChI is InChI=1S/C24H26N4O3.ClH/c1-16-19-6-4-5-7-20(19)31-21(16)15-28(3)22(29)9-8-17-12-18-14-27(2)23(30)10-11-25-24(18)26-13-17;/h4-9,12-13H,10-11,14-15H2,1-3H3,(H,25,26);1H/b9-8+;. The number of aromatic nitrogens is 1. The molecule has 0 saturated carbocycles. The third-order valence-electron chi connectivity index (χ3n) is 5.57. The minimum atomic E-state index is -0.128. The van der Waals surface area contributed by atoms with Crippen LogP contribution in [0.1, 0.15) is 28.9 Å². The number of anilines is 1. The van der Waals surface area contributed by atoms with Crippen LogP contribution in [0.15, 0.2) is 47.0 Å². The van der Waals surface area contributed by atoms with E-state index in [9.17, 15) is 9.59 Å². The summed E-state index contributed by atoms with van der Waals surface area (Å²) in [7, 11) is 3.54. The van der Waals surface area contributed by atoms with Crippen LogP contribution in [-0.2, 0) is 22.7 Å². The number of carbonyl (C=O) groups excluding carboxylic acids is 2. The van der Waals surface area contributed by atoms with Gasteiger partial charge in [-0.05, 0) is 30.7 Å². The summed E-state index contributed by atoms with van der Waals surface area (Å²) >= 11 is 0. The number of furan rings is 1. The smallest absolute Gasteiger partial charge is 0.246 e. The maximum atomic E-state index is 12.6. The van der Waals surface area contributed by atoms with Crippen molar-refractivity contribution >= 4 is 47.1 Å². The van der Waals surface area contributed by atoms with Crippen LogP contribution >= 0.6 is 12.4 Å². The van der Waals surface area contributed by atoms with Crippen molar-refractivity contribution in [2.24, 2.45) is 0 Å². The molecule has 7 nitrogen and oxygen atoms in total. The molecule has 0 atom stereocenters. The summed E-state index contributed by atoms with van der Waals surface area (Å²) in [6.45, 7) is 3.44. The van der Waals surface area contributed by atoms with Crippen molar-refractivity contribution in [3.63, 3.8) is 0 Å². The molecule has 0 fully saturated rings. The molecular weight excluding hydrogens is 428 g/mol. The SMILES string of the molecule is Cc1c(CN(C)C(=O)/C=C/c2cnc3c(c2)CN(C)C(=O)CCN3)oc2ccccc12.Cl. The molecule has 2 amide bonds. The number of rotatable bonds is 4. The Labute approximate surface area is 193 Å². The maximum Gasteiger partial charge on any atom is 0.246 e. The predicted octanol–water partition coefficient (Wildman–Crippen LogP) is 4.00. The number of para-hydroxylation sites is 1. The lowest BCUT2D eigenvalue weighted by Crippen LogP contribution is -2.30. The highest BCUT2D eigenvalue weighted by molar-refractivity contribution is 5.91. The highest BCUT2D eigenvalue weighted by Crippen LogP contribution is 2.26. The van der Waals surface area contributed by atoms with Crippen molar-refractivity contribution in [1.82, 2.24) is 14.8 Å². The molecule has 0 aliphatic carbocycles. The van der Waals surface area contributed by atoms with E-state index in [1.165, 1.54) is 6.08 Å². The van der Waals surface area contributed by atoms with Crippen molar-refractivity contribution in [1.29, 1.82) is 0 Å². The Balaban J connectivity index is 0.00000289. The molecule has 0 radical (unpaired) electrons. The van der Waals surface area contributed by atoms with Gasteiger partial charge in [-0.3, -0.25) is 9.59 Å². The molecule has 4 rings (SSSR count). The first-order chi connectivity index (χ1) is 14.9. The minimum absolute atomic E-state index is 0. The largest absolute Gasteiger partial charge is 0.459 e. The van der Waals surface area contributed by atoms with Crippen LogP contribution in [0.3, 0.4) is 0 Å². The van der Waals surface area contributed by atoms with Crippen LogP contribution in [0.5, 0.6) is 0 Å². The number of hydrogen-bond donors (Lipinski definition) is 1. The van der Waals surface area contributed by atoms with Gasteiger partial charge in [-0.15, -0.1) is 12.4 Å². The number of aryl methyl sites for hydroxylation is 1. The van der Waals surface area contributed by atoms with E-state index in [4.69, 9.17) is 4.42 Å². The zero-order chi connectivity index (χ0) is 22.0. The fourth-order valence-corrected chi connectivity index (χ4v) is 3.69. The van der Waals surface area contributed by atoms with Gasteiger partial charge >= 0.3 is 0 Å². The number of carbonyl (C=O) groups is 2. The molecule has 1 aliphatic rings. The van der Waals surface area contributed by atoms with E-state index < -0.39 is 0 Å². The van der Waals surface area contributed by atoms with E-state index in [1.54, 1.807) is 36.2 Å². The zero-order valence-corrected chi connectivity index (χ0v) is 19.2. The Morgan fingerprint density at radius 2 is 2.12 bits per heavy atom. The fraction of sp³-hybridized carbons (Fsp3) is 0.292. The number of fused-ring (bicyclic) bond motifs is 2. The summed E-state index contributed by atoms with van der Waals surface area (Å²) in [6.07, 6.45) is 5.46. The van der Waals surface area contributed by atoms with Gasteiger partial charge in [0.15, 0.2) is 0 Å². The zero-order valence-electron chi connectivity index (χ0n) is 18.4. The molecule has 2 aromatic heterocycles. The molecule has 3 aromatic rings. The second kappa shape index (κ2) is 9.87. The first-order valence-corrected chi connectivity index (χ1v) is 10.3. The lowest BCUT2D eigenvalue weighted by atomic mass is 10.1. The van der Waals surface area contributed by atoms with Gasteiger partial charge in [-0.1, -0.05) is 18.2 Å². The molecule has 1 aliphatic heterocycles. The summed E-state index contributed by atoms with van der Waals surface area (Å²) in [5, 5.41) is 4.27. The normalized spacial score (nSPS) is 13.8. The van der Waals surface area contributed by atoms with Crippen LogP contribution in [0.4, 0.5) is 5.82 Å². The van der Waals surface area contributed by atoms with Gasteiger partial charge in [-0.2, -0.15) is 0 Å². The van der Waals surface area contributed by atoms with Crippen LogP contribution in [0, 0.1) is 6.92 Å². The number of amides is 2. The van der Waals surface area contributed by atoms with Crippen molar-refractivity contribution in [2.45, 2.75) is 26.4 Å². The number of hydrogen-bond acceptors (Lipinski definition) is 5. The summed E-state index contributed by atoms with van der Waals surface area (Å²) in [5.74, 6) is 1.53. The monoisotopic (exact) mass is 454 g/mol. The van der Waals surface area contributed by atoms with Crippen LogP contribution in [0.25, 0.3) is 17.0 Å². The molecule has 0 bridgehead atoms. The number of halogens is 1. The second-order valence-electron chi connectivity index (χ2n) is 7.88.